The van der Waals surface area contributed by atoms with Crippen LogP contribution in [0.2, 0.25) is 0 Å². The number of phosphoric acid groups is 1. The Labute approximate surface area is 313 Å². The van der Waals surface area contributed by atoms with Gasteiger partial charge < -0.3 is 51.8 Å². The third kappa shape index (κ3) is 17.0. The number of nitrogens with two attached hydrogens (primary N) is 1. The van der Waals surface area contributed by atoms with Crippen molar-refractivity contribution in [3.8, 4) is 0 Å². The molecule has 0 aliphatic heterocycles. The Kier molecular flexibility index (Phi) is 19.0. The average Bonchev–Trinajstić information content (AvgIpc) is 3.60. The van der Waals surface area contributed by atoms with E-state index in [4.69, 9.17) is 15.5 Å². The van der Waals surface area contributed by atoms with Crippen molar-refractivity contribution in [2.45, 2.75) is 96.5 Å². The van der Waals surface area contributed by atoms with E-state index in [9.17, 15) is 38.4 Å². The van der Waals surface area contributed by atoms with Crippen molar-refractivity contribution in [2.24, 2.45) is 11.7 Å². The number of hydrogen-bond acceptors (Lipinski definition) is 10. The lowest BCUT2D eigenvalue weighted by atomic mass is 10.0. The summed E-state index contributed by atoms with van der Waals surface area (Å²) in [6.45, 7) is 5.14. The van der Waals surface area contributed by atoms with Crippen LogP contribution in [0.4, 0.5) is 0 Å². The summed E-state index contributed by atoms with van der Waals surface area (Å²) < 4.78 is 15.7. The lowest BCUT2D eigenvalue weighted by Gasteiger charge is -2.27. The number of aromatic nitrogens is 2. The fraction of sp³-hybridized carbons (Fsp3) is 0.559. The number of unbranched alkanes of at least 4 members (excludes halogenated alkanes) is 2. The van der Waals surface area contributed by atoms with Crippen molar-refractivity contribution >= 4 is 43.3 Å². The van der Waals surface area contributed by atoms with E-state index in [0.29, 0.717) is 18.7 Å². The van der Waals surface area contributed by atoms with Gasteiger partial charge in [0.25, 0.3) is 0 Å². The molecule has 19 nitrogen and oxygen atoms in total. The summed E-state index contributed by atoms with van der Waals surface area (Å²) in [5.74, 6) is -5.06. The highest BCUT2D eigenvalue weighted by Gasteiger charge is 2.35. The Morgan fingerprint density at radius 3 is 2.09 bits per heavy atom. The molecular weight excluding hydrogens is 727 g/mol. The number of hydrogen-bond donors (Lipinski definition) is 9. The number of amides is 6. The van der Waals surface area contributed by atoms with Crippen molar-refractivity contribution in [2.75, 3.05) is 19.7 Å². The Morgan fingerprint density at radius 1 is 0.907 bits per heavy atom. The first-order chi connectivity index (χ1) is 25.4. The smallest absolute Gasteiger partial charge is 0.394 e. The van der Waals surface area contributed by atoms with Crippen LogP contribution < -0.4 is 27.0 Å². The molecule has 2 rings (SSSR count). The fourth-order valence-electron chi connectivity index (χ4n) is 5.43. The highest BCUT2D eigenvalue weighted by atomic mass is 31.2. The van der Waals surface area contributed by atoms with Gasteiger partial charge in [0.1, 0.15) is 24.2 Å². The van der Waals surface area contributed by atoms with Gasteiger partial charge in [-0.3, -0.25) is 33.3 Å². The third-order valence-electron chi connectivity index (χ3n) is 8.17. The molecule has 0 spiro atoms. The highest BCUT2D eigenvalue weighted by molar-refractivity contribution is 7.46. The van der Waals surface area contributed by atoms with Crippen molar-refractivity contribution in [1.29, 1.82) is 0 Å². The summed E-state index contributed by atoms with van der Waals surface area (Å²) in [7, 11) is -5.09. The van der Waals surface area contributed by atoms with E-state index in [-0.39, 0.29) is 31.2 Å². The highest BCUT2D eigenvalue weighted by Crippen LogP contribution is 2.38. The number of H-pyrrole nitrogens is 1. The summed E-state index contributed by atoms with van der Waals surface area (Å²) >= 11 is 0. The number of rotatable bonds is 24. The van der Waals surface area contributed by atoms with Crippen LogP contribution in [-0.2, 0) is 50.7 Å². The van der Waals surface area contributed by atoms with E-state index >= 15 is 0 Å². The van der Waals surface area contributed by atoms with Crippen molar-refractivity contribution in [3.63, 3.8) is 0 Å². The molecule has 0 bridgehead atoms. The number of aryl methyl sites for hydroxylation is 1. The number of benzene rings is 1. The molecule has 1 aromatic carbocycles. The monoisotopic (exact) mass is 780 g/mol. The lowest BCUT2D eigenvalue weighted by Crippen LogP contribution is -2.60. The number of carbonyl (C=O) groups is 6. The minimum atomic E-state index is -5.09. The lowest BCUT2D eigenvalue weighted by molar-refractivity contribution is -0.137. The first-order valence-electron chi connectivity index (χ1n) is 17.5. The minimum Gasteiger partial charge on any atom is -0.394 e. The molecule has 2 aromatic rings. The van der Waals surface area contributed by atoms with Gasteiger partial charge in [-0.25, -0.2) is 9.55 Å². The standard InChI is InChI=1S/C34H53N8O11P/c1-21(2)15-26(38-29(45)18-42(23(4)44)14-10-6-9-13-24-11-7-5-8-12-24)32(47)39-27(16-25-17-36-20-37-25)33(48)40-28(19-43)34(49)41-30(31(35)46)22(3)53-54(50,51)52/h5,7-8,11-12,17,20-22,26-28,30,43H,6,9-10,13-16,18-19H2,1-4H3,(H2,35,46)(H,36,37)(H,38,45)(H,39,47)(H,40,48)(H,41,49)(H2,50,51,52)/t22-,26+,27+,28+,30+/m1/s1. The van der Waals surface area contributed by atoms with Crippen molar-refractivity contribution < 1.29 is 52.7 Å². The molecule has 1 aromatic heterocycles. The normalized spacial score (nSPS) is 14.2. The second kappa shape index (κ2) is 22.5. The minimum absolute atomic E-state index is 0.0918. The number of phosphoric ester groups is 1. The zero-order valence-electron chi connectivity index (χ0n) is 30.9. The predicted molar refractivity (Wildman–Crippen MR) is 195 cm³/mol. The van der Waals surface area contributed by atoms with E-state index in [1.165, 1.54) is 29.9 Å². The molecule has 20 heteroatoms. The average molecular weight is 781 g/mol. The summed E-state index contributed by atoms with van der Waals surface area (Å²) in [5, 5.41) is 19.6. The molecule has 0 unspecified atom stereocenters. The van der Waals surface area contributed by atoms with Gasteiger partial charge in [-0.05, 0) is 44.1 Å². The topological polar surface area (TPSA) is 295 Å². The number of imidazole rings is 1. The first kappa shape index (κ1) is 45.5. The van der Waals surface area contributed by atoms with Crippen LogP contribution in [0, 0.1) is 5.92 Å². The van der Waals surface area contributed by atoms with Gasteiger partial charge in [0.05, 0.1) is 31.3 Å². The third-order valence-corrected chi connectivity index (χ3v) is 8.78. The molecule has 0 saturated carbocycles. The summed E-state index contributed by atoms with van der Waals surface area (Å²) in [6, 6.07) is 3.99. The molecule has 6 amide bonds. The SMILES string of the molecule is CC(=O)N(CCCCCc1ccccc1)CC(=O)N[C@@H](CC(C)C)C(=O)N[C@@H](Cc1c[nH]cn1)C(=O)N[C@@H](CO)C(=O)N[C@H](C(N)=O)[C@@H](C)OP(=O)(O)O. The van der Waals surface area contributed by atoms with E-state index < -0.39 is 74.2 Å². The molecule has 0 saturated heterocycles. The van der Waals surface area contributed by atoms with Gasteiger partial charge in [0, 0.05) is 26.1 Å². The second-order valence-electron chi connectivity index (χ2n) is 13.2. The maximum atomic E-state index is 13.7. The largest absolute Gasteiger partial charge is 0.469 e. The summed E-state index contributed by atoms with van der Waals surface area (Å²) in [6.07, 6.45) is 4.50. The number of nitrogens with one attached hydrogen (secondary N) is 5. The molecule has 0 aliphatic rings. The van der Waals surface area contributed by atoms with Crippen LogP contribution in [0.15, 0.2) is 42.9 Å². The quantitative estimate of drug-likeness (QED) is 0.0466. The molecular formula is C34H53N8O11P. The zero-order chi connectivity index (χ0) is 40.4. The summed E-state index contributed by atoms with van der Waals surface area (Å²) in [5.41, 5.74) is 6.83. The van der Waals surface area contributed by atoms with Gasteiger partial charge in [0.15, 0.2) is 0 Å². The second-order valence-corrected chi connectivity index (χ2v) is 14.4. The van der Waals surface area contributed by atoms with E-state index in [1.54, 1.807) is 0 Å². The Balaban J connectivity index is 2.12. The number of nitrogens with zero attached hydrogens (tertiary/aromatic N) is 2. The van der Waals surface area contributed by atoms with Crippen LogP contribution >= 0.6 is 7.82 Å². The number of aromatic amines is 1. The van der Waals surface area contributed by atoms with Gasteiger partial charge in [-0.2, -0.15) is 0 Å². The number of aliphatic hydroxyl groups excluding tert-OH is 1. The first-order valence-corrected chi connectivity index (χ1v) is 19.0. The van der Waals surface area contributed by atoms with E-state index in [2.05, 4.69) is 47.9 Å². The zero-order valence-corrected chi connectivity index (χ0v) is 31.8. The Morgan fingerprint density at radius 2 is 1.54 bits per heavy atom. The number of carbonyl (C=O) groups excluding carboxylic acids is 6. The molecule has 300 valence electrons. The fourth-order valence-corrected chi connectivity index (χ4v) is 5.98. The molecule has 10 N–H and O–H groups in total. The number of primary amides is 1. The van der Waals surface area contributed by atoms with Crippen molar-refractivity contribution in [1.82, 2.24) is 36.1 Å². The van der Waals surface area contributed by atoms with Gasteiger partial charge in [-0.15, -0.1) is 0 Å². The molecule has 0 fully saturated rings. The molecule has 0 radical (unpaired) electrons. The predicted octanol–water partition coefficient (Wildman–Crippen LogP) is -0.826. The van der Waals surface area contributed by atoms with Gasteiger partial charge >= 0.3 is 7.82 Å². The van der Waals surface area contributed by atoms with E-state index in [1.807, 2.05) is 32.0 Å². The molecule has 54 heavy (non-hydrogen) atoms. The van der Waals surface area contributed by atoms with Gasteiger partial charge in [-0.1, -0.05) is 50.6 Å². The van der Waals surface area contributed by atoms with Gasteiger partial charge in [0.2, 0.25) is 35.4 Å². The van der Waals surface area contributed by atoms with Crippen LogP contribution in [0.1, 0.15) is 64.6 Å². The van der Waals surface area contributed by atoms with E-state index in [0.717, 1.165) is 26.2 Å². The van der Waals surface area contributed by atoms with Crippen molar-refractivity contribution in [3.05, 3.63) is 54.1 Å². The van der Waals surface area contributed by atoms with Crippen LogP contribution in [0.25, 0.3) is 0 Å². The number of aliphatic hydroxyl groups is 1. The van der Waals surface area contributed by atoms with Crippen LogP contribution in [0.3, 0.4) is 0 Å². The maximum Gasteiger partial charge on any atom is 0.469 e. The Bertz CT molecular complexity index is 1570. The maximum absolute atomic E-state index is 13.7. The molecule has 5 atom stereocenters. The Hall–Kier alpha value is -4.68. The van der Waals surface area contributed by atoms with Crippen LogP contribution in [0.5, 0.6) is 0 Å². The summed E-state index contributed by atoms with van der Waals surface area (Å²) in [4.78, 5) is 104. The van der Waals surface area contributed by atoms with Crippen LogP contribution in [-0.4, -0.2) is 115 Å². The molecule has 1 heterocycles. The molecule has 0 aliphatic carbocycles.